The highest BCUT2D eigenvalue weighted by molar-refractivity contribution is 5.48. The molecule has 0 radical (unpaired) electrons. The highest BCUT2D eigenvalue weighted by Crippen LogP contribution is 2.21. The van der Waals surface area contributed by atoms with E-state index in [0.717, 1.165) is 17.8 Å². The van der Waals surface area contributed by atoms with Gasteiger partial charge in [0.15, 0.2) is 0 Å². The molecule has 0 aliphatic carbocycles. The van der Waals surface area contributed by atoms with Crippen molar-refractivity contribution in [2.75, 3.05) is 6.61 Å². The molecule has 1 heterocycles. The summed E-state index contributed by atoms with van der Waals surface area (Å²) in [6.07, 6.45) is 8.46. The Morgan fingerprint density at radius 2 is 1.74 bits per heavy atom. The average Bonchev–Trinajstić information content (AvgIpc) is 3.12. The Labute approximate surface area is 136 Å². The number of H-pyrrole nitrogens is 1. The number of hydrogen-bond donors (Lipinski definition) is 1. The maximum Gasteiger partial charge on any atom is 0.108 e. The molecule has 0 saturated heterocycles. The Morgan fingerprint density at radius 1 is 1.00 bits per heavy atom. The first-order valence-electron chi connectivity index (χ1n) is 7.78. The van der Waals surface area contributed by atoms with Crippen molar-refractivity contribution in [2.24, 2.45) is 0 Å². The number of aromatic amines is 1. The summed E-state index contributed by atoms with van der Waals surface area (Å²) in [5, 5.41) is 0. The van der Waals surface area contributed by atoms with Crippen molar-refractivity contribution in [1.82, 2.24) is 9.97 Å². The lowest BCUT2D eigenvalue weighted by molar-refractivity contribution is 0.0733. The van der Waals surface area contributed by atoms with Crippen molar-refractivity contribution in [3.05, 3.63) is 96.1 Å². The van der Waals surface area contributed by atoms with Crippen molar-refractivity contribution >= 4 is 6.08 Å². The summed E-state index contributed by atoms with van der Waals surface area (Å²) in [6, 6.07) is 20.5. The third-order valence-corrected chi connectivity index (χ3v) is 3.61. The van der Waals surface area contributed by atoms with Crippen molar-refractivity contribution in [2.45, 2.75) is 12.5 Å². The van der Waals surface area contributed by atoms with E-state index in [1.54, 1.807) is 6.20 Å². The number of rotatable bonds is 7. The van der Waals surface area contributed by atoms with E-state index in [1.165, 1.54) is 5.56 Å². The van der Waals surface area contributed by atoms with Gasteiger partial charge in [-0.1, -0.05) is 72.8 Å². The van der Waals surface area contributed by atoms with Gasteiger partial charge in [0.2, 0.25) is 0 Å². The second kappa shape index (κ2) is 8.11. The molecule has 3 heteroatoms. The number of aromatic nitrogens is 2. The van der Waals surface area contributed by atoms with Gasteiger partial charge in [-0.3, -0.25) is 0 Å². The molecular weight excluding hydrogens is 284 g/mol. The molecule has 1 N–H and O–H groups in total. The van der Waals surface area contributed by atoms with Crippen molar-refractivity contribution in [1.29, 1.82) is 0 Å². The first-order chi connectivity index (χ1) is 11.4. The molecule has 0 bridgehead atoms. The van der Waals surface area contributed by atoms with Crippen LogP contribution < -0.4 is 0 Å². The molecule has 116 valence electrons. The molecular formula is C20H20N2O. The minimum Gasteiger partial charge on any atom is -0.369 e. The minimum atomic E-state index is -0.0113. The smallest absolute Gasteiger partial charge is 0.108 e. The molecule has 3 rings (SSSR count). The fourth-order valence-corrected chi connectivity index (χ4v) is 2.45. The molecule has 0 saturated carbocycles. The maximum absolute atomic E-state index is 6.08. The molecule has 0 amide bonds. The predicted molar refractivity (Wildman–Crippen MR) is 92.9 cm³/mol. The number of benzene rings is 2. The van der Waals surface area contributed by atoms with Crippen LogP contribution in [0.5, 0.6) is 0 Å². The van der Waals surface area contributed by atoms with Crippen molar-refractivity contribution < 1.29 is 4.74 Å². The Morgan fingerprint density at radius 3 is 2.43 bits per heavy atom. The van der Waals surface area contributed by atoms with Crippen LogP contribution in [0, 0.1) is 0 Å². The maximum atomic E-state index is 6.08. The minimum absolute atomic E-state index is 0.0113. The largest absolute Gasteiger partial charge is 0.369 e. The monoisotopic (exact) mass is 304 g/mol. The second-order valence-corrected chi connectivity index (χ2v) is 5.29. The normalized spacial score (nSPS) is 12.5. The summed E-state index contributed by atoms with van der Waals surface area (Å²) >= 11 is 0. The van der Waals surface area contributed by atoms with Crippen molar-refractivity contribution in [3.63, 3.8) is 0 Å². The molecule has 1 atom stereocenters. The zero-order valence-electron chi connectivity index (χ0n) is 12.9. The standard InChI is InChI=1S/C20H20N2O/c1-3-8-17(9-4-1)10-7-15-23-19(16-20-21-13-14-22-20)18-11-5-2-6-12-18/h1-14,19H,15-16H2,(H,21,22)/b10-7+. The third kappa shape index (κ3) is 4.66. The van der Waals surface area contributed by atoms with Crippen LogP contribution in [0.15, 0.2) is 79.1 Å². The van der Waals surface area contributed by atoms with Gasteiger partial charge in [-0.25, -0.2) is 4.98 Å². The average molecular weight is 304 g/mol. The Bertz CT molecular complexity index is 706. The fourth-order valence-electron chi connectivity index (χ4n) is 2.45. The van der Waals surface area contributed by atoms with Gasteiger partial charge in [0.25, 0.3) is 0 Å². The predicted octanol–water partition coefficient (Wildman–Crippen LogP) is 4.42. The van der Waals surface area contributed by atoms with Crippen LogP contribution in [-0.4, -0.2) is 16.6 Å². The van der Waals surface area contributed by atoms with E-state index >= 15 is 0 Å². The number of imidazole rings is 1. The molecule has 0 spiro atoms. The first kappa shape index (κ1) is 15.3. The quantitative estimate of drug-likeness (QED) is 0.701. The van der Waals surface area contributed by atoms with Gasteiger partial charge in [0, 0.05) is 18.8 Å². The first-order valence-corrected chi connectivity index (χ1v) is 7.78. The van der Waals surface area contributed by atoms with Gasteiger partial charge in [0.1, 0.15) is 5.82 Å². The Balaban J connectivity index is 1.63. The van der Waals surface area contributed by atoms with Crippen LogP contribution in [-0.2, 0) is 11.2 Å². The van der Waals surface area contributed by atoms with Gasteiger partial charge in [-0.15, -0.1) is 0 Å². The Hall–Kier alpha value is -2.65. The summed E-state index contributed by atoms with van der Waals surface area (Å²) in [7, 11) is 0. The van der Waals surface area contributed by atoms with Gasteiger partial charge >= 0.3 is 0 Å². The summed E-state index contributed by atoms with van der Waals surface area (Å²) in [6.45, 7) is 0.565. The summed E-state index contributed by atoms with van der Waals surface area (Å²) in [5.41, 5.74) is 2.34. The van der Waals surface area contributed by atoms with E-state index in [9.17, 15) is 0 Å². The highest BCUT2D eigenvalue weighted by Gasteiger charge is 2.13. The zero-order valence-corrected chi connectivity index (χ0v) is 12.9. The lowest BCUT2D eigenvalue weighted by Crippen LogP contribution is -2.09. The van der Waals surface area contributed by atoms with Crippen LogP contribution in [0.1, 0.15) is 23.1 Å². The lowest BCUT2D eigenvalue weighted by Gasteiger charge is -2.16. The van der Waals surface area contributed by atoms with E-state index < -0.39 is 0 Å². The van der Waals surface area contributed by atoms with Crippen LogP contribution in [0.3, 0.4) is 0 Å². The van der Waals surface area contributed by atoms with Gasteiger partial charge in [-0.05, 0) is 11.1 Å². The van der Waals surface area contributed by atoms with Crippen molar-refractivity contribution in [3.8, 4) is 0 Å². The number of ether oxygens (including phenoxy) is 1. The lowest BCUT2D eigenvalue weighted by atomic mass is 10.1. The van der Waals surface area contributed by atoms with Crippen LogP contribution >= 0.6 is 0 Å². The molecule has 3 nitrogen and oxygen atoms in total. The summed E-state index contributed by atoms with van der Waals surface area (Å²) < 4.78 is 6.08. The third-order valence-electron chi connectivity index (χ3n) is 3.61. The second-order valence-electron chi connectivity index (χ2n) is 5.29. The van der Waals surface area contributed by atoms with Crippen LogP contribution in [0.25, 0.3) is 6.08 Å². The fraction of sp³-hybridized carbons (Fsp3) is 0.150. The molecule has 3 aromatic rings. The van der Waals surface area contributed by atoms with E-state index in [4.69, 9.17) is 4.74 Å². The van der Waals surface area contributed by atoms with E-state index in [0.29, 0.717) is 6.61 Å². The molecule has 0 fully saturated rings. The summed E-state index contributed by atoms with van der Waals surface area (Å²) in [5.74, 6) is 0.936. The molecule has 1 unspecified atom stereocenters. The molecule has 1 aromatic heterocycles. The summed E-state index contributed by atoms with van der Waals surface area (Å²) in [4.78, 5) is 7.45. The molecule has 23 heavy (non-hydrogen) atoms. The van der Waals surface area contributed by atoms with E-state index in [2.05, 4.69) is 40.3 Å². The SMILES string of the molecule is C(=C\c1ccccc1)/COC(Cc1ncc[nH]1)c1ccccc1. The molecule has 0 aliphatic heterocycles. The van der Waals surface area contributed by atoms with Gasteiger partial charge in [0.05, 0.1) is 12.7 Å². The molecule has 2 aromatic carbocycles. The van der Waals surface area contributed by atoms with Crippen LogP contribution in [0.4, 0.5) is 0 Å². The topological polar surface area (TPSA) is 37.9 Å². The number of nitrogens with zero attached hydrogens (tertiary/aromatic N) is 1. The number of nitrogens with one attached hydrogen (secondary N) is 1. The van der Waals surface area contributed by atoms with Crippen LogP contribution in [0.2, 0.25) is 0 Å². The van der Waals surface area contributed by atoms with E-state index in [1.807, 2.05) is 48.7 Å². The van der Waals surface area contributed by atoms with E-state index in [-0.39, 0.29) is 6.10 Å². The number of hydrogen-bond acceptors (Lipinski definition) is 2. The highest BCUT2D eigenvalue weighted by atomic mass is 16.5. The van der Waals surface area contributed by atoms with Gasteiger partial charge < -0.3 is 9.72 Å². The molecule has 0 aliphatic rings. The Kier molecular flexibility index (Phi) is 5.38. The zero-order chi connectivity index (χ0) is 15.7. The van der Waals surface area contributed by atoms with Gasteiger partial charge in [-0.2, -0.15) is 0 Å².